The van der Waals surface area contributed by atoms with Gasteiger partial charge in [-0.05, 0) is 68.8 Å². The van der Waals surface area contributed by atoms with Crippen molar-refractivity contribution in [3.8, 4) is 0 Å². The third kappa shape index (κ3) is 21.8. The molecule has 0 radical (unpaired) electrons. The lowest BCUT2D eigenvalue weighted by Crippen LogP contribution is -2.67. The van der Waals surface area contributed by atoms with Crippen molar-refractivity contribution in [1.82, 2.24) is 0 Å². The molecule has 0 aliphatic heterocycles. The maximum absolute atomic E-state index is 16.5. The van der Waals surface area contributed by atoms with E-state index in [1.165, 1.54) is 24.3 Å². The van der Waals surface area contributed by atoms with Gasteiger partial charge in [0.05, 0.1) is 64.0 Å². The smallest absolute Gasteiger partial charge is 0.453 e. The molecule has 1 aliphatic carbocycles. The lowest BCUT2D eigenvalue weighted by molar-refractivity contribution is -0.214. The fraction of sp³-hybridized carbons (Fsp3) is 0.184. The van der Waals surface area contributed by atoms with Crippen LogP contribution < -0.4 is 0 Å². The minimum Gasteiger partial charge on any atom is -0.453 e. The van der Waals surface area contributed by atoms with Gasteiger partial charge in [-0.15, -0.1) is 0 Å². The first-order valence-electron chi connectivity index (χ1n) is 31.9. The molecule has 0 spiro atoms. The quantitative estimate of drug-likeness (QED) is 0.0262. The molecule has 0 amide bonds. The van der Waals surface area contributed by atoms with Crippen LogP contribution in [0.3, 0.4) is 0 Å². The van der Waals surface area contributed by atoms with Gasteiger partial charge in [0.25, 0.3) is 0 Å². The highest BCUT2D eigenvalue weighted by molar-refractivity contribution is 7.49. The van der Waals surface area contributed by atoms with Crippen LogP contribution in [-0.2, 0) is 135 Å². The summed E-state index contributed by atoms with van der Waals surface area (Å²) in [6, 6.07) is 83.9. The fourth-order valence-electron chi connectivity index (χ4n) is 10.2. The minimum atomic E-state index is -5.37. The second kappa shape index (κ2) is 36.3. The molecule has 100 heavy (non-hydrogen) atoms. The monoisotopic (exact) mass is 1430 g/mol. The van der Waals surface area contributed by atoms with Crippen LogP contribution >= 0.6 is 31.3 Å². The molecule has 1 fully saturated rings. The molecule has 0 heterocycles. The molecule has 10 aromatic carbocycles. The zero-order valence-electron chi connectivity index (χ0n) is 53.9. The Morgan fingerprint density at radius 3 is 0.500 bits per heavy atom. The Kier molecular flexibility index (Phi) is 26.4. The molecule has 0 saturated heterocycles. The molecule has 6 atom stereocenters. The third-order valence-electron chi connectivity index (χ3n) is 15.3. The number of benzene rings is 10. The first kappa shape index (κ1) is 72.8. The van der Waals surface area contributed by atoms with Crippen LogP contribution in [-0.4, -0.2) is 48.6 Å². The Morgan fingerprint density at radius 2 is 0.350 bits per heavy atom. The van der Waals surface area contributed by atoms with E-state index in [1.54, 1.807) is 279 Å². The summed E-state index contributed by atoms with van der Waals surface area (Å²) in [7, 11) is -21.5. The zero-order chi connectivity index (χ0) is 69.3. The van der Waals surface area contributed by atoms with Crippen LogP contribution in [0.1, 0.15) is 65.2 Å². The molecule has 0 bridgehead atoms. The number of hydrogen-bond acceptors (Lipinski definition) is 20. The van der Waals surface area contributed by atoms with E-state index >= 15 is 27.8 Å². The van der Waals surface area contributed by atoms with Gasteiger partial charge in [-0.2, -0.15) is 0 Å². The van der Waals surface area contributed by atoms with Crippen LogP contribution in [0.25, 0.3) is 0 Å². The highest BCUT2D eigenvalue weighted by atomic mass is 31.2. The van der Waals surface area contributed by atoms with Crippen molar-refractivity contribution in [3.05, 3.63) is 359 Å². The average molecular weight is 1430 g/mol. The van der Waals surface area contributed by atoms with Crippen LogP contribution in [0.5, 0.6) is 0 Å². The van der Waals surface area contributed by atoms with Crippen LogP contribution in [0.4, 0.5) is 0 Å². The predicted molar refractivity (Wildman–Crippen MR) is 371 cm³/mol. The third-order valence-corrected chi connectivity index (χ3v) is 20.9. The highest BCUT2D eigenvalue weighted by Gasteiger charge is 2.64. The van der Waals surface area contributed by atoms with Gasteiger partial charge in [-0.1, -0.05) is 279 Å². The van der Waals surface area contributed by atoms with Crippen LogP contribution in [0.2, 0.25) is 0 Å². The molecule has 1 aliphatic rings. The summed E-state index contributed by atoms with van der Waals surface area (Å²) in [6.45, 7) is -3.72. The topological polar surface area (TPSA) is 232 Å². The van der Waals surface area contributed by atoms with Crippen molar-refractivity contribution in [1.29, 1.82) is 0 Å². The SMILES string of the molecule is O=C(OC1[C@@H](OP(=O)(OCc2ccccc2)OCc2ccccc2)[C@H](OP(=O)(OCc2ccccc2)OCc2ccccc2)C(OC(=O)c2ccccc2)[C@H](OP(=O)(OCc2ccccc2)OCc2ccccc2)[C@@H]1OP(=O)(OCc1ccccc1)OCc1ccccc1)c1ccccc1. The molecule has 2 unspecified atom stereocenters. The lowest BCUT2D eigenvalue weighted by Gasteiger charge is -2.49. The standard InChI is InChI=1S/C76H72O20P4/c77-75(67-47-27-9-28-48-67)91-69-71(93-97(79,83-51-59-31-11-1-12-32-59)84-52-60-33-13-2-14-34-60)72(94-98(80,85-53-61-35-15-3-16-36-61)86-54-62-37-17-4-18-38-62)70(92-76(78)68-49-29-10-30-50-68)74(96-100(82,89-57-65-43-23-7-24-44-65)90-58-66-45-25-8-26-46-66)73(69)95-99(81,87-55-63-39-19-5-20-40-63)88-56-64-41-21-6-22-42-64/h1-50,69-74H,51-58H2/t69?,70?,71-,72-,73-,74+/m1/s1. The number of hydrogen-bond donors (Lipinski definition) is 0. The van der Waals surface area contributed by atoms with E-state index in [0.29, 0.717) is 44.5 Å². The zero-order valence-corrected chi connectivity index (χ0v) is 57.5. The number of esters is 2. The summed E-state index contributed by atoms with van der Waals surface area (Å²) in [5.74, 6) is -2.32. The predicted octanol–water partition coefficient (Wildman–Crippen LogP) is 18.2. The second-order valence-corrected chi connectivity index (χ2v) is 29.1. The van der Waals surface area contributed by atoms with Crippen LogP contribution in [0, 0.1) is 0 Å². The van der Waals surface area contributed by atoms with Crippen LogP contribution in [0.15, 0.2) is 303 Å². The lowest BCUT2D eigenvalue weighted by atomic mass is 9.84. The van der Waals surface area contributed by atoms with Crippen molar-refractivity contribution < 1.29 is 91.6 Å². The van der Waals surface area contributed by atoms with E-state index < -0.39 is 133 Å². The Bertz CT molecular complexity index is 3620. The first-order valence-corrected chi connectivity index (χ1v) is 37.7. The summed E-state index contributed by atoms with van der Waals surface area (Å²) >= 11 is 0. The maximum Gasteiger partial charge on any atom is 0.475 e. The average Bonchev–Trinajstić information content (AvgIpc) is 0.738. The van der Waals surface area contributed by atoms with E-state index in [9.17, 15) is 0 Å². The summed E-state index contributed by atoms with van der Waals surface area (Å²) < 4.78 is 158. The molecular formula is C76H72O20P4. The molecule has 20 nitrogen and oxygen atoms in total. The molecule has 516 valence electrons. The van der Waals surface area contributed by atoms with Gasteiger partial charge in [-0.25, -0.2) is 27.8 Å². The molecule has 0 aromatic heterocycles. The van der Waals surface area contributed by atoms with E-state index in [1.807, 2.05) is 0 Å². The number of rotatable bonds is 36. The van der Waals surface area contributed by atoms with Gasteiger partial charge in [-0.3, -0.25) is 54.3 Å². The number of phosphoric acid groups is 4. The molecule has 0 N–H and O–H groups in total. The van der Waals surface area contributed by atoms with E-state index in [-0.39, 0.29) is 11.1 Å². The summed E-state index contributed by atoms with van der Waals surface area (Å²) in [5, 5.41) is 0. The number of carbonyl (C=O) groups is 2. The number of ether oxygens (including phenoxy) is 2. The van der Waals surface area contributed by atoms with Gasteiger partial charge < -0.3 is 9.47 Å². The molecule has 11 rings (SSSR count). The minimum absolute atomic E-state index is 0.105. The Morgan fingerprint density at radius 1 is 0.210 bits per heavy atom. The van der Waals surface area contributed by atoms with Gasteiger partial charge in [0.15, 0.2) is 12.2 Å². The maximum atomic E-state index is 16.5. The molecular weight excluding hydrogens is 1360 g/mol. The first-order chi connectivity index (χ1) is 48.8. The largest absolute Gasteiger partial charge is 0.475 e. The highest BCUT2D eigenvalue weighted by Crippen LogP contribution is 2.63. The summed E-state index contributed by atoms with van der Waals surface area (Å²) in [6.07, 6.45) is -14.4. The van der Waals surface area contributed by atoms with Crippen molar-refractivity contribution in [2.75, 3.05) is 0 Å². The van der Waals surface area contributed by atoms with E-state index in [4.69, 9.17) is 63.8 Å². The van der Waals surface area contributed by atoms with Gasteiger partial charge >= 0.3 is 43.2 Å². The Labute approximate surface area is 580 Å². The van der Waals surface area contributed by atoms with E-state index in [2.05, 4.69) is 0 Å². The van der Waals surface area contributed by atoms with Crippen molar-refractivity contribution in [2.24, 2.45) is 0 Å². The molecule has 24 heteroatoms. The van der Waals surface area contributed by atoms with Gasteiger partial charge in [0, 0.05) is 0 Å². The Balaban J connectivity index is 1.17. The molecule has 1 saturated carbocycles. The second-order valence-electron chi connectivity index (χ2n) is 22.6. The molecule has 10 aromatic rings. The van der Waals surface area contributed by atoms with Gasteiger partial charge in [0.1, 0.15) is 24.4 Å². The van der Waals surface area contributed by atoms with Crippen molar-refractivity contribution in [2.45, 2.75) is 89.5 Å². The normalized spacial score (nSPS) is 17.2. The summed E-state index contributed by atoms with van der Waals surface area (Å²) in [5.41, 5.74) is 3.60. The summed E-state index contributed by atoms with van der Waals surface area (Å²) in [4.78, 5) is 30.9. The van der Waals surface area contributed by atoms with Gasteiger partial charge in [0.2, 0.25) is 0 Å². The number of phosphoric ester groups is 4. The van der Waals surface area contributed by atoms with E-state index in [0.717, 1.165) is 0 Å². The van der Waals surface area contributed by atoms with Crippen molar-refractivity contribution in [3.63, 3.8) is 0 Å². The Hall–Kier alpha value is -8.42. The van der Waals surface area contributed by atoms with Crippen molar-refractivity contribution >= 4 is 43.2 Å². The number of carbonyl (C=O) groups excluding carboxylic acids is 2. The fourth-order valence-corrected chi connectivity index (χ4v) is 15.6.